The zero-order chi connectivity index (χ0) is 13.1. The molecular weight excluding hydrogens is 232 g/mol. The molecule has 2 heteroatoms. The van der Waals surface area contributed by atoms with Gasteiger partial charge in [0.2, 0.25) is 0 Å². The normalized spacial score (nSPS) is 29.7. The van der Waals surface area contributed by atoms with Gasteiger partial charge in [-0.2, -0.15) is 0 Å². The maximum absolute atomic E-state index is 6.23. The van der Waals surface area contributed by atoms with Crippen molar-refractivity contribution in [3.8, 4) is 0 Å². The quantitative estimate of drug-likeness (QED) is 0.903. The molecule has 2 atom stereocenters. The maximum atomic E-state index is 6.23. The molecule has 0 radical (unpaired) electrons. The van der Waals surface area contributed by atoms with Gasteiger partial charge in [0.05, 0.1) is 0 Å². The molecule has 3 rings (SSSR count). The molecule has 1 saturated heterocycles. The average Bonchev–Trinajstić information content (AvgIpc) is 2.87. The topological polar surface area (TPSA) is 29.3 Å². The van der Waals surface area contributed by atoms with Crippen LogP contribution in [0, 0.1) is 5.92 Å². The Hall–Kier alpha value is -0.860. The third kappa shape index (κ3) is 3.18. The zero-order valence-corrected chi connectivity index (χ0v) is 11.8. The monoisotopic (exact) mass is 258 g/mol. The maximum Gasteiger partial charge on any atom is 0.0247 e. The predicted molar refractivity (Wildman–Crippen MR) is 80.1 cm³/mol. The van der Waals surface area contributed by atoms with Crippen molar-refractivity contribution in [3.05, 3.63) is 35.9 Å². The zero-order valence-electron chi connectivity index (χ0n) is 11.8. The Morgan fingerprint density at radius 1 is 1.00 bits per heavy atom. The van der Waals surface area contributed by atoms with E-state index in [4.69, 9.17) is 5.73 Å². The lowest BCUT2D eigenvalue weighted by Gasteiger charge is -2.37. The first kappa shape index (κ1) is 13.1. The van der Waals surface area contributed by atoms with Gasteiger partial charge in [-0.25, -0.2) is 0 Å². The molecule has 0 bridgehead atoms. The molecule has 2 N–H and O–H groups in total. The van der Waals surface area contributed by atoms with Crippen molar-refractivity contribution in [1.82, 2.24) is 4.90 Å². The molecule has 1 saturated carbocycles. The van der Waals surface area contributed by atoms with Gasteiger partial charge < -0.3 is 5.73 Å². The second kappa shape index (κ2) is 6.06. The Labute approximate surface area is 117 Å². The van der Waals surface area contributed by atoms with Gasteiger partial charge >= 0.3 is 0 Å². The van der Waals surface area contributed by atoms with E-state index >= 15 is 0 Å². The minimum atomic E-state index is 0.436. The van der Waals surface area contributed by atoms with Gasteiger partial charge in [-0.3, -0.25) is 4.90 Å². The first-order chi connectivity index (χ1) is 9.33. The third-order valence-corrected chi connectivity index (χ3v) is 5.02. The lowest BCUT2D eigenvalue weighted by atomic mass is 9.89. The molecule has 19 heavy (non-hydrogen) atoms. The van der Waals surface area contributed by atoms with Crippen LogP contribution in [-0.2, 0) is 6.42 Å². The fourth-order valence-electron chi connectivity index (χ4n) is 3.86. The van der Waals surface area contributed by atoms with Crippen LogP contribution in [0.2, 0.25) is 0 Å². The first-order valence-corrected chi connectivity index (χ1v) is 7.86. The van der Waals surface area contributed by atoms with Crippen molar-refractivity contribution in [3.63, 3.8) is 0 Å². The van der Waals surface area contributed by atoms with Crippen LogP contribution >= 0.6 is 0 Å². The largest absolute Gasteiger partial charge is 0.326 e. The standard InChI is InChI=1S/C17H26N2/c18-16-7-4-8-17(16)19-11-9-15(10-12-19)13-14-5-2-1-3-6-14/h1-3,5-6,15-17H,4,7-13,18H2. The lowest BCUT2D eigenvalue weighted by molar-refractivity contribution is 0.125. The van der Waals surface area contributed by atoms with Crippen molar-refractivity contribution >= 4 is 0 Å². The summed E-state index contributed by atoms with van der Waals surface area (Å²) in [5, 5.41) is 0. The molecule has 0 spiro atoms. The number of hydrogen-bond acceptors (Lipinski definition) is 2. The summed E-state index contributed by atoms with van der Waals surface area (Å²) in [6.07, 6.45) is 7.83. The van der Waals surface area contributed by atoms with E-state index in [-0.39, 0.29) is 0 Å². The van der Waals surface area contributed by atoms with Gasteiger partial charge in [0, 0.05) is 12.1 Å². The summed E-state index contributed by atoms with van der Waals surface area (Å²) < 4.78 is 0. The van der Waals surface area contributed by atoms with Crippen LogP contribution in [0.15, 0.2) is 30.3 Å². The highest BCUT2D eigenvalue weighted by Gasteiger charge is 2.31. The van der Waals surface area contributed by atoms with Crippen molar-refractivity contribution in [2.75, 3.05) is 13.1 Å². The third-order valence-electron chi connectivity index (χ3n) is 5.02. The molecule has 1 aliphatic carbocycles. The number of benzene rings is 1. The predicted octanol–water partition coefficient (Wildman–Crippen LogP) is 2.82. The van der Waals surface area contributed by atoms with Crippen molar-refractivity contribution in [2.45, 2.75) is 50.6 Å². The summed E-state index contributed by atoms with van der Waals surface area (Å²) in [4.78, 5) is 2.67. The summed E-state index contributed by atoms with van der Waals surface area (Å²) in [7, 11) is 0. The van der Waals surface area contributed by atoms with E-state index in [1.165, 1.54) is 57.2 Å². The van der Waals surface area contributed by atoms with Crippen LogP contribution in [-0.4, -0.2) is 30.1 Å². The molecule has 1 heterocycles. The Morgan fingerprint density at radius 2 is 1.74 bits per heavy atom. The molecule has 104 valence electrons. The molecule has 2 aliphatic rings. The Kier molecular flexibility index (Phi) is 4.19. The Morgan fingerprint density at radius 3 is 2.37 bits per heavy atom. The van der Waals surface area contributed by atoms with Crippen LogP contribution in [0.1, 0.15) is 37.7 Å². The van der Waals surface area contributed by atoms with Gasteiger partial charge in [-0.15, -0.1) is 0 Å². The molecule has 2 fully saturated rings. The SMILES string of the molecule is NC1CCCC1N1CCC(Cc2ccccc2)CC1. The minimum Gasteiger partial charge on any atom is -0.326 e. The van der Waals surface area contributed by atoms with E-state index in [0.717, 1.165) is 5.92 Å². The second-order valence-electron chi connectivity index (χ2n) is 6.33. The molecule has 0 aromatic heterocycles. The van der Waals surface area contributed by atoms with E-state index in [2.05, 4.69) is 35.2 Å². The summed E-state index contributed by atoms with van der Waals surface area (Å²) in [6.45, 7) is 2.52. The Balaban J connectivity index is 1.49. The second-order valence-corrected chi connectivity index (χ2v) is 6.33. The summed E-state index contributed by atoms with van der Waals surface area (Å²) in [5.74, 6) is 0.872. The lowest BCUT2D eigenvalue weighted by Crippen LogP contribution is -2.48. The summed E-state index contributed by atoms with van der Waals surface area (Å²) in [6, 6.07) is 12.1. The summed E-state index contributed by atoms with van der Waals surface area (Å²) in [5.41, 5.74) is 7.72. The van der Waals surface area contributed by atoms with Crippen molar-refractivity contribution in [1.29, 1.82) is 0 Å². The Bertz CT molecular complexity index is 382. The van der Waals surface area contributed by atoms with E-state index < -0.39 is 0 Å². The van der Waals surface area contributed by atoms with E-state index in [0.29, 0.717) is 12.1 Å². The van der Waals surface area contributed by atoms with E-state index in [1.54, 1.807) is 0 Å². The number of hydrogen-bond donors (Lipinski definition) is 1. The van der Waals surface area contributed by atoms with Gasteiger partial charge in [0.1, 0.15) is 0 Å². The minimum absolute atomic E-state index is 0.436. The average molecular weight is 258 g/mol. The number of rotatable bonds is 3. The van der Waals surface area contributed by atoms with Crippen LogP contribution in [0.5, 0.6) is 0 Å². The summed E-state index contributed by atoms with van der Waals surface area (Å²) >= 11 is 0. The highest BCUT2D eigenvalue weighted by Crippen LogP contribution is 2.28. The highest BCUT2D eigenvalue weighted by atomic mass is 15.2. The fourth-order valence-corrected chi connectivity index (χ4v) is 3.86. The number of nitrogens with two attached hydrogens (primary N) is 1. The van der Waals surface area contributed by atoms with Crippen molar-refractivity contribution < 1.29 is 0 Å². The van der Waals surface area contributed by atoms with Crippen molar-refractivity contribution in [2.24, 2.45) is 11.7 Å². The van der Waals surface area contributed by atoms with Crippen LogP contribution in [0.4, 0.5) is 0 Å². The number of nitrogens with zero attached hydrogens (tertiary/aromatic N) is 1. The van der Waals surface area contributed by atoms with Crippen LogP contribution in [0.3, 0.4) is 0 Å². The highest BCUT2D eigenvalue weighted by molar-refractivity contribution is 5.15. The van der Waals surface area contributed by atoms with Gasteiger partial charge in [-0.1, -0.05) is 36.8 Å². The smallest absolute Gasteiger partial charge is 0.0247 e. The van der Waals surface area contributed by atoms with Gasteiger partial charge in [0.15, 0.2) is 0 Å². The van der Waals surface area contributed by atoms with Gasteiger partial charge in [0.25, 0.3) is 0 Å². The molecule has 1 aliphatic heterocycles. The molecule has 2 nitrogen and oxygen atoms in total. The van der Waals surface area contributed by atoms with E-state index in [9.17, 15) is 0 Å². The van der Waals surface area contributed by atoms with Gasteiger partial charge in [-0.05, 0) is 56.7 Å². The van der Waals surface area contributed by atoms with Crippen LogP contribution < -0.4 is 5.73 Å². The molecule has 1 aromatic rings. The van der Waals surface area contributed by atoms with E-state index in [1.807, 2.05) is 0 Å². The molecule has 0 amide bonds. The number of piperidine rings is 1. The van der Waals surface area contributed by atoms with Crippen LogP contribution in [0.25, 0.3) is 0 Å². The molecule has 1 aromatic carbocycles. The first-order valence-electron chi connectivity index (χ1n) is 7.86. The number of likely N-dealkylation sites (tertiary alicyclic amines) is 1. The fraction of sp³-hybridized carbons (Fsp3) is 0.647. The molecule has 2 unspecified atom stereocenters. The molecular formula is C17H26N2.